The van der Waals surface area contributed by atoms with Gasteiger partial charge in [0.1, 0.15) is 58.1 Å². The number of benzene rings is 6. The van der Waals surface area contributed by atoms with Crippen LogP contribution in [0.2, 0.25) is 0 Å². The summed E-state index contributed by atoms with van der Waals surface area (Å²) in [5.41, 5.74) is -0.125. The Kier molecular flexibility index (Phi) is 19.2. The van der Waals surface area contributed by atoms with E-state index in [4.69, 9.17) is 22.3 Å². The van der Waals surface area contributed by atoms with Gasteiger partial charge in [0.25, 0.3) is 0 Å². The Morgan fingerprint density at radius 2 is 1.15 bits per heavy atom. The zero-order valence-electron chi connectivity index (χ0n) is 50.4. The van der Waals surface area contributed by atoms with Crippen molar-refractivity contribution >= 4 is 55.0 Å². The van der Waals surface area contributed by atoms with Crippen LogP contribution in [-0.2, 0) is 0 Å². The van der Waals surface area contributed by atoms with Gasteiger partial charge in [-0.15, -0.1) is 12.8 Å². The van der Waals surface area contributed by atoms with Crippen molar-refractivity contribution < 1.29 is 51.1 Å². The third-order valence-corrected chi connectivity index (χ3v) is 17.3. The number of aromatic nitrogens is 4. The van der Waals surface area contributed by atoms with E-state index in [0.29, 0.717) is 102 Å². The lowest BCUT2D eigenvalue weighted by molar-refractivity contribution is 0.0694. The fourth-order valence-electron chi connectivity index (χ4n) is 13.1. The second-order valence-electron chi connectivity index (χ2n) is 24.0. The number of alkyl halides is 2. The molecule has 8 aromatic rings. The van der Waals surface area contributed by atoms with Crippen LogP contribution in [0.1, 0.15) is 89.2 Å². The molecule has 20 heteroatoms. The molecular formula is C69H71F6N9O5. The van der Waals surface area contributed by atoms with Crippen molar-refractivity contribution in [2.45, 2.75) is 108 Å². The number of hydrogen-bond acceptors (Lipinski definition) is 14. The number of nitriles is 1. The number of rotatable bonds is 10. The molecule has 89 heavy (non-hydrogen) atoms. The molecule has 0 aliphatic carbocycles. The van der Waals surface area contributed by atoms with Crippen molar-refractivity contribution in [2.24, 2.45) is 5.92 Å². The van der Waals surface area contributed by atoms with Gasteiger partial charge in [0.15, 0.2) is 11.6 Å². The van der Waals surface area contributed by atoms with Gasteiger partial charge in [-0.3, -0.25) is 9.80 Å². The van der Waals surface area contributed by atoms with Gasteiger partial charge in [0.2, 0.25) is 0 Å². The minimum Gasteiger partial charge on any atom is -0.508 e. The smallest absolute Gasteiger partial charge is 0.318 e. The summed E-state index contributed by atoms with van der Waals surface area (Å²) in [6.07, 6.45) is 19.7. The minimum atomic E-state index is -0.798. The van der Waals surface area contributed by atoms with Gasteiger partial charge in [0.05, 0.1) is 42.9 Å². The van der Waals surface area contributed by atoms with Crippen LogP contribution in [0.25, 0.3) is 65.6 Å². The summed E-state index contributed by atoms with van der Waals surface area (Å²) in [6, 6.07) is 21.0. The number of halogens is 6. The monoisotopic (exact) mass is 1220 g/mol. The quantitative estimate of drug-likeness (QED) is 0.0874. The molecule has 5 fully saturated rings. The van der Waals surface area contributed by atoms with Gasteiger partial charge < -0.3 is 34.6 Å². The summed E-state index contributed by atoms with van der Waals surface area (Å²) in [7, 11) is 4.61. The average molecular weight is 1220 g/mol. The second-order valence-corrected chi connectivity index (χ2v) is 24.0. The number of methoxy groups -OCH3 is 2. The van der Waals surface area contributed by atoms with E-state index in [1.807, 2.05) is 16.8 Å². The van der Waals surface area contributed by atoms with Crippen LogP contribution < -0.4 is 19.3 Å². The highest BCUT2D eigenvalue weighted by Gasteiger charge is 2.36. The van der Waals surface area contributed by atoms with E-state index < -0.39 is 41.2 Å². The molecule has 5 atom stereocenters. The Bertz CT molecular complexity index is 4040. The van der Waals surface area contributed by atoms with Crippen molar-refractivity contribution in [3.05, 3.63) is 107 Å². The zero-order valence-corrected chi connectivity index (χ0v) is 50.4. The first kappa shape index (κ1) is 63.4. The second kappa shape index (κ2) is 27.0. The van der Waals surface area contributed by atoms with Crippen LogP contribution in [0.3, 0.4) is 0 Å². The molecule has 0 amide bonds. The van der Waals surface area contributed by atoms with Gasteiger partial charge >= 0.3 is 12.0 Å². The molecule has 0 spiro atoms. The lowest BCUT2D eigenvalue weighted by Crippen LogP contribution is -2.35. The van der Waals surface area contributed by atoms with Crippen LogP contribution in [0.15, 0.2) is 72.8 Å². The first-order valence-corrected chi connectivity index (χ1v) is 30.0. The molecular weight excluding hydrogens is 1150 g/mol. The molecule has 6 aromatic carbocycles. The molecule has 5 unspecified atom stereocenters. The van der Waals surface area contributed by atoms with Gasteiger partial charge in [-0.05, 0) is 162 Å². The number of fused-ring (bicyclic) bond motifs is 6. The van der Waals surface area contributed by atoms with E-state index in [9.17, 15) is 38.1 Å². The molecule has 0 saturated carbocycles. The number of aromatic hydroxyl groups is 2. The molecule has 13 rings (SSSR count). The topological polar surface area (TPSA) is 167 Å². The fourth-order valence-corrected chi connectivity index (χ4v) is 13.1. The van der Waals surface area contributed by atoms with Crippen LogP contribution in [-0.4, -0.2) is 142 Å². The maximum atomic E-state index is 16.1. The lowest BCUT2D eigenvalue weighted by atomic mass is 9.93. The lowest BCUT2D eigenvalue weighted by Gasteiger charge is -2.31. The summed E-state index contributed by atoms with van der Waals surface area (Å²) in [4.78, 5) is 25.8. The van der Waals surface area contributed by atoms with E-state index in [-0.39, 0.29) is 73.9 Å². The summed E-state index contributed by atoms with van der Waals surface area (Å²) >= 11 is 0. The predicted octanol–water partition coefficient (Wildman–Crippen LogP) is 13.0. The van der Waals surface area contributed by atoms with Crippen LogP contribution >= 0.6 is 0 Å². The molecule has 5 aliphatic rings. The highest BCUT2D eigenvalue weighted by molar-refractivity contribution is 6.05. The van der Waals surface area contributed by atoms with Crippen molar-refractivity contribution in [2.75, 3.05) is 76.9 Å². The van der Waals surface area contributed by atoms with Gasteiger partial charge in [-0.25, -0.2) is 26.3 Å². The van der Waals surface area contributed by atoms with E-state index >= 15 is 8.78 Å². The normalized spacial score (nSPS) is 19.7. The molecule has 464 valence electrons. The number of ether oxygens (including phenoxy) is 2. The Labute approximate surface area is 513 Å². The maximum Gasteiger partial charge on any atom is 0.318 e. The summed E-state index contributed by atoms with van der Waals surface area (Å²) in [6.45, 7) is 8.90. The number of hydrogen-bond donors (Lipinski definition) is 3. The Morgan fingerprint density at radius 1 is 0.652 bits per heavy atom. The number of nitrogens with zero attached hydrogens (tertiary/aromatic N) is 9. The molecule has 2 aromatic heterocycles. The van der Waals surface area contributed by atoms with Crippen LogP contribution in [0.4, 0.5) is 38.0 Å². The maximum absolute atomic E-state index is 16.1. The number of phenolic OH excluding ortho intramolecular Hbond substituents is 2. The molecule has 14 nitrogen and oxygen atoms in total. The van der Waals surface area contributed by atoms with E-state index in [1.54, 1.807) is 38.1 Å². The standard InChI is InChI=1S/C28H27F2N3O3.C27H20F2N4O2.2C7H12FN/c1-6-18-22(29)11-8-16-14-17(34)15-21(23(16)18)19-9-10-20-25(24(19)30)31-27(36-5)32-26(20)33(4)13-7-12-28(2,3)35;1-3-18-22(28)9-6-16-11-17(34)12-21(23(16)18)19-7-8-20-25(24(19)29)31-27(35-2)32-26(20)33-10-4-5-15(13-30)14-33;2*8-6-4-7-2-1-3-9(7)5-6/h1,8-11,14-15,34-35H,7,12-13H2,2-5H3;1,6-9,11-12,15,34H,4-5,10,14H2,2H3;2*6-7H,1-5H2. The van der Waals surface area contributed by atoms with Crippen molar-refractivity contribution in [3.63, 3.8) is 0 Å². The zero-order chi connectivity index (χ0) is 63.4. The Hall–Kier alpha value is -8.61. The first-order valence-electron chi connectivity index (χ1n) is 30.0. The summed E-state index contributed by atoms with van der Waals surface area (Å²) in [5, 5.41) is 42.5. The number of terminal acetylenes is 2. The summed E-state index contributed by atoms with van der Waals surface area (Å²) < 4.78 is 97.0. The molecule has 5 aliphatic heterocycles. The van der Waals surface area contributed by atoms with Crippen LogP contribution in [0, 0.1) is 65.2 Å². The minimum absolute atomic E-state index is 0.0126. The van der Waals surface area contributed by atoms with Crippen molar-refractivity contribution in [1.29, 1.82) is 5.26 Å². The fraction of sp³-hybridized carbons (Fsp3) is 0.406. The van der Waals surface area contributed by atoms with Gasteiger partial charge in [0, 0.05) is 84.5 Å². The number of phenols is 2. The molecule has 3 N–H and O–H groups in total. The number of anilines is 2. The number of aliphatic hydroxyl groups is 1. The summed E-state index contributed by atoms with van der Waals surface area (Å²) in [5.74, 6) is 2.67. The van der Waals surface area contributed by atoms with E-state index in [2.05, 4.69) is 47.6 Å². The highest BCUT2D eigenvalue weighted by Crippen LogP contribution is 2.43. The van der Waals surface area contributed by atoms with E-state index in [1.165, 1.54) is 88.4 Å². The van der Waals surface area contributed by atoms with Gasteiger partial charge in [-0.2, -0.15) is 25.2 Å². The van der Waals surface area contributed by atoms with Crippen molar-refractivity contribution in [1.82, 2.24) is 29.7 Å². The predicted molar refractivity (Wildman–Crippen MR) is 335 cm³/mol. The average Bonchev–Trinajstić information content (AvgIpc) is 2.13. The molecule has 0 radical (unpaired) electrons. The third-order valence-electron chi connectivity index (χ3n) is 17.3. The van der Waals surface area contributed by atoms with Gasteiger partial charge in [-0.1, -0.05) is 36.1 Å². The Morgan fingerprint density at radius 3 is 1.63 bits per heavy atom. The Balaban J connectivity index is 0.000000152. The highest BCUT2D eigenvalue weighted by atomic mass is 19.2. The molecule has 0 bridgehead atoms. The number of piperidine rings is 1. The van der Waals surface area contributed by atoms with E-state index in [0.717, 1.165) is 38.8 Å². The SMILES string of the molecule is C#Cc1c(F)ccc2cc(O)cc(-c3ccc4c(N(C)CCCC(C)(C)O)nc(OC)nc4c3F)c12.C#Cc1c(F)ccc2cc(O)cc(-c3ccc4c(N5CCCC(C#N)C5)nc(OC)nc4c3F)c12.FC1CC2CCCN2C1.FC1CC2CCCN2C1. The first-order chi connectivity index (χ1) is 42.7. The largest absolute Gasteiger partial charge is 0.508 e. The third kappa shape index (κ3) is 13.7. The van der Waals surface area contributed by atoms with Crippen molar-refractivity contribution in [3.8, 4) is 76.5 Å². The molecule has 7 heterocycles. The van der Waals surface area contributed by atoms with Crippen LogP contribution in [0.5, 0.6) is 23.5 Å². The molecule has 5 saturated heterocycles.